The Labute approximate surface area is 150 Å². The minimum Gasteiger partial charge on any atom is -0.314 e. The largest absolute Gasteiger partial charge is 0.314 e. The first-order chi connectivity index (χ1) is 10.5. The van der Waals surface area contributed by atoms with Crippen LogP contribution in [-0.2, 0) is 10.0 Å². The lowest BCUT2D eigenvalue weighted by Crippen LogP contribution is -2.45. The molecule has 130 valence electrons. The molecule has 0 aromatic heterocycles. The van der Waals surface area contributed by atoms with Crippen LogP contribution in [0, 0.1) is 12.8 Å². The summed E-state index contributed by atoms with van der Waals surface area (Å²) >= 11 is 6.10. The highest BCUT2D eigenvalue weighted by molar-refractivity contribution is 7.89. The molecule has 23 heavy (non-hydrogen) atoms. The third-order valence-electron chi connectivity index (χ3n) is 4.55. The highest BCUT2D eigenvalue weighted by atomic mass is 35.5. The van der Waals surface area contributed by atoms with Gasteiger partial charge in [0.25, 0.3) is 0 Å². The van der Waals surface area contributed by atoms with Crippen LogP contribution in [0.15, 0.2) is 23.1 Å². The number of nitrogens with zero attached hydrogens (tertiary/aromatic N) is 1. The molecule has 0 spiro atoms. The number of benzene rings is 1. The van der Waals surface area contributed by atoms with Crippen LogP contribution >= 0.6 is 24.0 Å². The van der Waals surface area contributed by atoms with Crippen molar-refractivity contribution in [3.8, 4) is 0 Å². The summed E-state index contributed by atoms with van der Waals surface area (Å²) in [5.41, 5.74) is 0.906. The molecule has 0 atom stereocenters. The zero-order valence-electron chi connectivity index (χ0n) is 13.3. The molecule has 1 saturated carbocycles. The van der Waals surface area contributed by atoms with Crippen LogP contribution in [0.5, 0.6) is 0 Å². The lowest BCUT2D eigenvalue weighted by molar-refractivity contribution is 0.288. The molecule has 2 fully saturated rings. The van der Waals surface area contributed by atoms with E-state index in [1.807, 2.05) is 13.0 Å². The molecule has 0 radical (unpaired) electrons. The van der Waals surface area contributed by atoms with Crippen LogP contribution in [0.25, 0.3) is 0 Å². The van der Waals surface area contributed by atoms with Crippen molar-refractivity contribution in [1.29, 1.82) is 0 Å². The molecule has 1 aromatic rings. The SMILES string of the molecule is Cc1ccc(Cl)c(S(=O)(=O)N2CCC(NCC3CC3)CC2)c1.Cl. The van der Waals surface area contributed by atoms with Crippen molar-refractivity contribution in [1.82, 2.24) is 9.62 Å². The summed E-state index contributed by atoms with van der Waals surface area (Å²) in [5.74, 6) is 0.855. The Morgan fingerprint density at radius 1 is 1.22 bits per heavy atom. The summed E-state index contributed by atoms with van der Waals surface area (Å²) in [4.78, 5) is 0.235. The average Bonchev–Trinajstić information content (AvgIpc) is 3.32. The van der Waals surface area contributed by atoms with Crippen molar-refractivity contribution in [3.63, 3.8) is 0 Å². The second-order valence-electron chi connectivity index (χ2n) is 6.46. The second kappa shape index (κ2) is 7.70. The Kier molecular flexibility index (Phi) is 6.36. The van der Waals surface area contributed by atoms with Gasteiger partial charge in [-0.1, -0.05) is 17.7 Å². The highest BCUT2D eigenvalue weighted by Crippen LogP contribution is 2.29. The molecular weight excluding hydrogens is 355 g/mol. The first kappa shape index (κ1) is 19.0. The van der Waals surface area contributed by atoms with E-state index >= 15 is 0 Å². The van der Waals surface area contributed by atoms with Crippen molar-refractivity contribution in [2.75, 3.05) is 19.6 Å². The smallest absolute Gasteiger partial charge is 0.244 e. The monoisotopic (exact) mass is 378 g/mol. The van der Waals surface area contributed by atoms with Gasteiger partial charge in [-0.2, -0.15) is 4.31 Å². The van der Waals surface area contributed by atoms with E-state index in [9.17, 15) is 8.42 Å². The number of nitrogens with one attached hydrogen (secondary N) is 1. The Balaban J connectivity index is 0.00000192. The lowest BCUT2D eigenvalue weighted by atomic mass is 10.1. The van der Waals surface area contributed by atoms with Gasteiger partial charge in [-0.25, -0.2) is 8.42 Å². The highest BCUT2D eigenvalue weighted by Gasteiger charge is 2.31. The normalized spacial score (nSPS) is 20.3. The quantitative estimate of drug-likeness (QED) is 0.855. The Hall–Kier alpha value is -0.330. The lowest BCUT2D eigenvalue weighted by Gasteiger charge is -2.32. The summed E-state index contributed by atoms with van der Waals surface area (Å²) < 4.78 is 27.1. The number of sulfonamides is 1. The van der Waals surface area contributed by atoms with Gasteiger partial charge >= 0.3 is 0 Å². The maximum atomic E-state index is 12.8. The van der Waals surface area contributed by atoms with Gasteiger partial charge < -0.3 is 5.32 Å². The van der Waals surface area contributed by atoms with Crippen molar-refractivity contribution in [2.45, 2.75) is 43.5 Å². The topological polar surface area (TPSA) is 49.4 Å². The molecule has 2 aliphatic rings. The molecule has 0 amide bonds. The molecular formula is C16H24Cl2N2O2S. The molecule has 4 nitrogen and oxygen atoms in total. The number of hydrogen-bond acceptors (Lipinski definition) is 3. The minimum absolute atomic E-state index is 0. The fourth-order valence-electron chi connectivity index (χ4n) is 2.90. The standard InChI is InChI=1S/C16H23ClN2O2S.ClH/c1-12-2-5-15(17)16(10-12)22(20,21)19-8-6-14(7-9-19)18-11-13-3-4-13;/h2,5,10,13-14,18H,3-4,6-9,11H2,1H3;1H. The van der Waals surface area contributed by atoms with Gasteiger partial charge in [0.05, 0.1) is 5.02 Å². The van der Waals surface area contributed by atoms with E-state index in [1.165, 1.54) is 12.8 Å². The summed E-state index contributed by atoms with van der Waals surface area (Å²) in [6.07, 6.45) is 4.42. The number of aryl methyl sites for hydroxylation is 1. The van der Waals surface area contributed by atoms with Gasteiger partial charge in [0.15, 0.2) is 0 Å². The molecule has 1 N–H and O–H groups in total. The first-order valence-electron chi connectivity index (χ1n) is 7.96. The maximum absolute atomic E-state index is 12.8. The van der Waals surface area contributed by atoms with Gasteiger partial charge in [0, 0.05) is 19.1 Å². The van der Waals surface area contributed by atoms with E-state index in [-0.39, 0.29) is 17.3 Å². The van der Waals surface area contributed by atoms with Gasteiger partial charge in [-0.3, -0.25) is 0 Å². The van der Waals surface area contributed by atoms with E-state index in [4.69, 9.17) is 11.6 Å². The van der Waals surface area contributed by atoms with Crippen molar-refractivity contribution < 1.29 is 8.42 Å². The fourth-order valence-corrected chi connectivity index (χ4v) is 4.93. The van der Waals surface area contributed by atoms with E-state index in [1.54, 1.807) is 16.4 Å². The number of piperidine rings is 1. The van der Waals surface area contributed by atoms with Crippen LogP contribution in [0.4, 0.5) is 0 Å². The number of halogens is 2. The van der Waals surface area contributed by atoms with E-state index in [0.29, 0.717) is 24.2 Å². The van der Waals surface area contributed by atoms with E-state index in [2.05, 4.69) is 5.32 Å². The van der Waals surface area contributed by atoms with Gasteiger partial charge in [0.2, 0.25) is 10.0 Å². The molecule has 7 heteroatoms. The summed E-state index contributed by atoms with van der Waals surface area (Å²) in [7, 11) is -3.48. The van der Waals surface area contributed by atoms with Gasteiger partial charge in [-0.05, 0) is 62.8 Å². The third-order valence-corrected chi connectivity index (χ3v) is 6.93. The van der Waals surface area contributed by atoms with Crippen LogP contribution in [-0.4, -0.2) is 38.4 Å². The predicted molar refractivity (Wildman–Crippen MR) is 95.9 cm³/mol. The molecule has 1 aliphatic carbocycles. The number of rotatable bonds is 5. The molecule has 0 bridgehead atoms. The summed E-state index contributed by atoms with van der Waals surface area (Å²) in [6.45, 7) is 4.09. The Bertz CT molecular complexity index is 639. The van der Waals surface area contributed by atoms with Crippen LogP contribution < -0.4 is 5.32 Å². The molecule has 1 aliphatic heterocycles. The molecule has 1 heterocycles. The Morgan fingerprint density at radius 3 is 2.48 bits per heavy atom. The average molecular weight is 379 g/mol. The second-order valence-corrected chi connectivity index (χ2v) is 8.78. The molecule has 1 saturated heterocycles. The molecule has 1 aromatic carbocycles. The molecule has 3 rings (SSSR count). The molecule has 0 unspecified atom stereocenters. The minimum atomic E-state index is -3.48. The van der Waals surface area contributed by atoms with Crippen LogP contribution in [0.3, 0.4) is 0 Å². The fraction of sp³-hybridized carbons (Fsp3) is 0.625. The van der Waals surface area contributed by atoms with Crippen LogP contribution in [0.2, 0.25) is 5.02 Å². The number of hydrogen-bond donors (Lipinski definition) is 1. The summed E-state index contributed by atoms with van der Waals surface area (Å²) in [6, 6.07) is 5.60. The zero-order chi connectivity index (χ0) is 15.7. The van der Waals surface area contributed by atoms with Crippen molar-refractivity contribution >= 4 is 34.0 Å². The Morgan fingerprint density at radius 2 is 1.87 bits per heavy atom. The van der Waals surface area contributed by atoms with Gasteiger partial charge in [-0.15, -0.1) is 12.4 Å². The maximum Gasteiger partial charge on any atom is 0.244 e. The summed E-state index contributed by atoms with van der Waals surface area (Å²) in [5, 5.41) is 3.87. The zero-order valence-corrected chi connectivity index (χ0v) is 15.7. The third kappa shape index (κ3) is 4.60. The first-order valence-corrected chi connectivity index (χ1v) is 9.78. The van der Waals surface area contributed by atoms with Gasteiger partial charge in [0.1, 0.15) is 4.90 Å². The van der Waals surface area contributed by atoms with E-state index in [0.717, 1.165) is 30.9 Å². The van der Waals surface area contributed by atoms with Crippen molar-refractivity contribution in [3.05, 3.63) is 28.8 Å². The predicted octanol–water partition coefficient (Wildman–Crippen LogP) is 3.22. The van der Waals surface area contributed by atoms with Crippen LogP contribution in [0.1, 0.15) is 31.2 Å². The van der Waals surface area contributed by atoms with Crippen molar-refractivity contribution in [2.24, 2.45) is 5.92 Å². The van der Waals surface area contributed by atoms with E-state index < -0.39 is 10.0 Å².